The molecule has 0 saturated heterocycles. The standard InChI is InChI=1S/C15H17NO3/c1-11-14(7-9-19-11)15(17)16-8-6-12-4-3-5-13(10-12)18-2/h3-5,7,9-10H,6,8H2,1-2H3,(H,16,17). The number of furan rings is 1. The summed E-state index contributed by atoms with van der Waals surface area (Å²) < 4.78 is 10.3. The van der Waals surface area contributed by atoms with Gasteiger partial charge in [0.15, 0.2) is 0 Å². The number of ether oxygens (including phenoxy) is 1. The van der Waals surface area contributed by atoms with Crippen LogP contribution in [-0.2, 0) is 6.42 Å². The van der Waals surface area contributed by atoms with Gasteiger partial charge in [-0.15, -0.1) is 0 Å². The van der Waals surface area contributed by atoms with Gasteiger partial charge in [0, 0.05) is 6.54 Å². The monoisotopic (exact) mass is 259 g/mol. The Morgan fingerprint density at radius 1 is 1.37 bits per heavy atom. The molecule has 0 unspecified atom stereocenters. The average Bonchev–Trinajstić information content (AvgIpc) is 2.85. The first-order valence-electron chi connectivity index (χ1n) is 6.16. The number of carbonyl (C=O) groups excluding carboxylic acids is 1. The molecule has 2 rings (SSSR count). The molecule has 1 heterocycles. The Morgan fingerprint density at radius 3 is 2.89 bits per heavy atom. The maximum atomic E-state index is 11.8. The zero-order valence-corrected chi connectivity index (χ0v) is 11.1. The van der Waals surface area contributed by atoms with Crippen LogP contribution in [0, 0.1) is 6.92 Å². The Hall–Kier alpha value is -2.23. The van der Waals surface area contributed by atoms with E-state index in [9.17, 15) is 4.79 Å². The van der Waals surface area contributed by atoms with Crippen LogP contribution in [0.2, 0.25) is 0 Å². The van der Waals surface area contributed by atoms with Crippen molar-refractivity contribution < 1.29 is 13.9 Å². The number of methoxy groups -OCH3 is 1. The molecule has 4 heteroatoms. The summed E-state index contributed by atoms with van der Waals surface area (Å²) >= 11 is 0. The highest BCUT2D eigenvalue weighted by molar-refractivity contribution is 5.95. The topological polar surface area (TPSA) is 51.5 Å². The molecule has 1 amide bonds. The molecule has 0 atom stereocenters. The van der Waals surface area contributed by atoms with Gasteiger partial charge in [0.25, 0.3) is 5.91 Å². The minimum atomic E-state index is -0.103. The van der Waals surface area contributed by atoms with Crippen molar-refractivity contribution in [1.82, 2.24) is 5.32 Å². The molecular weight excluding hydrogens is 242 g/mol. The maximum Gasteiger partial charge on any atom is 0.254 e. The van der Waals surface area contributed by atoms with Gasteiger partial charge in [-0.1, -0.05) is 12.1 Å². The molecule has 0 aliphatic carbocycles. The summed E-state index contributed by atoms with van der Waals surface area (Å²) in [5.41, 5.74) is 1.72. The third-order valence-corrected chi connectivity index (χ3v) is 2.94. The molecule has 0 aliphatic heterocycles. The molecule has 0 fully saturated rings. The summed E-state index contributed by atoms with van der Waals surface area (Å²) in [6, 6.07) is 9.50. The van der Waals surface area contributed by atoms with E-state index in [1.165, 1.54) is 6.26 Å². The quantitative estimate of drug-likeness (QED) is 0.897. The van der Waals surface area contributed by atoms with Crippen molar-refractivity contribution in [2.75, 3.05) is 13.7 Å². The predicted molar refractivity (Wildman–Crippen MR) is 72.5 cm³/mol. The Labute approximate surface area is 112 Å². The van der Waals surface area contributed by atoms with Gasteiger partial charge < -0.3 is 14.5 Å². The maximum absolute atomic E-state index is 11.8. The fraction of sp³-hybridized carbons (Fsp3) is 0.267. The van der Waals surface area contributed by atoms with Crippen molar-refractivity contribution in [3.05, 3.63) is 53.5 Å². The van der Waals surface area contributed by atoms with Crippen LogP contribution >= 0.6 is 0 Å². The Bertz CT molecular complexity index is 560. The lowest BCUT2D eigenvalue weighted by Crippen LogP contribution is -2.25. The van der Waals surface area contributed by atoms with E-state index in [2.05, 4.69) is 5.32 Å². The lowest BCUT2D eigenvalue weighted by atomic mass is 10.1. The molecule has 0 spiro atoms. The lowest BCUT2D eigenvalue weighted by Gasteiger charge is -2.06. The van der Waals surface area contributed by atoms with E-state index in [1.807, 2.05) is 24.3 Å². The number of carbonyl (C=O) groups is 1. The van der Waals surface area contributed by atoms with Crippen molar-refractivity contribution in [2.45, 2.75) is 13.3 Å². The van der Waals surface area contributed by atoms with E-state index in [0.29, 0.717) is 17.9 Å². The highest BCUT2D eigenvalue weighted by Gasteiger charge is 2.10. The largest absolute Gasteiger partial charge is 0.497 e. The summed E-state index contributed by atoms with van der Waals surface area (Å²) in [5, 5.41) is 2.87. The van der Waals surface area contributed by atoms with E-state index < -0.39 is 0 Å². The van der Waals surface area contributed by atoms with Gasteiger partial charge in [0.05, 0.1) is 18.9 Å². The third-order valence-electron chi connectivity index (χ3n) is 2.94. The first-order valence-corrected chi connectivity index (χ1v) is 6.16. The van der Waals surface area contributed by atoms with Crippen molar-refractivity contribution in [1.29, 1.82) is 0 Å². The summed E-state index contributed by atoms with van der Waals surface area (Å²) in [7, 11) is 1.64. The molecule has 1 aromatic heterocycles. The molecular formula is C15H17NO3. The summed E-state index contributed by atoms with van der Waals surface area (Å²) in [6.07, 6.45) is 2.28. The van der Waals surface area contributed by atoms with E-state index in [0.717, 1.165) is 17.7 Å². The first kappa shape index (κ1) is 13.2. The Balaban J connectivity index is 1.86. The molecule has 2 aromatic rings. The van der Waals surface area contributed by atoms with Gasteiger partial charge in [-0.05, 0) is 37.1 Å². The minimum Gasteiger partial charge on any atom is -0.497 e. The number of aryl methyl sites for hydroxylation is 1. The normalized spacial score (nSPS) is 10.2. The molecule has 100 valence electrons. The van der Waals surface area contributed by atoms with E-state index in [1.54, 1.807) is 20.1 Å². The van der Waals surface area contributed by atoms with Crippen LogP contribution < -0.4 is 10.1 Å². The second-order valence-corrected chi connectivity index (χ2v) is 4.25. The molecule has 0 saturated carbocycles. The lowest BCUT2D eigenvalue weighted by molar-refractivity contribution is 0.0952. The number of rotatable bonds is 5. The Morgan fingerprint density at radius 2 is 2.21 bits per heavy atom. The number of hydrogen-bond donors (Lipinski definition) is 1. The summed E-state index contributed by atoms with van der Waals surface area (Å²) in [4.78, 5) is 11.8. The number of hydrogen-bond acceptors (Lipinski definition) is 3. The molecule has 0 radical (unpaired) electrons. The van der Waals surface area contributed by atoms with Gasteiger partial charge >= 0.3 is 0 Å². The van der Waals surface area contributed by atoms with Gasteiger partial charge in [0.2, 0.25) is 0 Å². The molecule has 1 N–H and O–H groups in total. The smallest absolute Gasteiger partial charge is 0.254 e. The molecule has 0 bridgehead atoms. The second-order valence-electron chi connectivity index (χ2n) is 4.25. The predicted octanol–water partition coefficient (Wildman–Crippen LogP) is 2.57. The van der Waals surface area contributed by atoms with Crippen molar-refractivity contribution >= 4 is 5.91 Å². The molecule has 0 aliphatic rings. The van der Waals surface area contributed by atoms with E-state index in [4.69, 9.17) is 9.15 Å². The van der Waals surface area contributed by atoms with Crippen molar-refractivity contribution in [2.24, 2.45) is 0 Å². The number of amides is 1. The van der Waals surface area contributed by atoms with Crippen LogP contribution in [0.25, 0.3) is 0 Å². The highest BCUT2D eigenvalue weighted by atomic mass is 16.5. The van der Waals surface area contributed by atoms with Crippen LogP contribution in [0.5, 0.6) is 5.75 Å². The van der Waals surface area contributed by atoms with Crippen LogP contribution in [0.15, 0.2) is 41.0 Å². The second kappa shape index (κ2) is 6.09. The summed E-state index contributed by atoms with van der Waals surface area (Å²) in [5.74, 6) is 1.36. The van der Waals surface area contributed by atoms with Gasteiger partial charge in [0.1, 0.15) is 11.5 Å². The fourth-order valence-electron chi connectivity index (χ4n) is 1.86. The molecule has 1 aromatic carbocycles. The number of benzene rings is 1. The van der Waals surface area contributed by atoms with E-state index >= 15 is 0 Å². The average molecular weight is 259 g/mol. The van der Waals surface area contributed by atoms with Crippen molar-refractivity contribution in [3.63, 3.8) is 0 Å². The zero-order chi connectivity index (χ0) is 13.7. The number of nitrogens with one attached hydrogen (secondary N) is 1. The highest BCUT2D eigenvalue weighted by Crippen LogP contribution is 2.13. The van der Waals surface area contributed by atoms with Gasteiger partial charge in [-0.2, -0.15) is 0 Å². The van der Waals surface area contributed by atoms with Crippen LogP contribution in [-0.4, -0.2) is 19.6 Å². The SMILES string of the molecule is COc1cccc(CCNC(=O)c2ccoc2C)c1. The third kappa shape index (κ3) is 3.37. The fourth-order valence-corrected chi connectivity index (χ4v) is 1.86. The van der Waals surface area contributed by atoms with Crippen LogP contribution in [0.1, 0.15) is 21.7 Å². The molecule has 19 heavy (non-hydrogen) atoms. The van der Waals surface area contributed by atoms with Crippen molar-refractivity contribution in [3.8, 4) is 5.75 Å². The van der Waals surface area contributed by atoms with Gasteiger partial charge in [-0.3, -0.25) is 4.79 Å². The Kier molecular flexibility index (Phi) is 4.23. The van der Waals surface area contributed by atoms with E-state index in [-0.39, 0.29) is 5.91 Å². The minimum absolute atomic E-state index is 0.103. The first-order chi connectivity index (χ1) is 9.20. The van der Waals surface area contributed by atoms with Crippen LogP contribution in [0.3, 0.4) is 0 Å². The summed E-state index contributed by atoms with van der Waals surface area (Å²) in [6.45, 7) is 2.35. The molecule has 4 nitrogen and oxygen atoms in total. The zero-order valence-electron chi connectivity index (χ0n) is 11.1. The van der Waals surface area contributed by atoms with Crippen LogP contribution in [0.4, 0.5) is 0 Å². The van der Waals surface area contributed by atoms with Gasteiger partial charge in [-0.25, -0.2) is 0 Å².